The lowest BCUT2D eigenvalue weighted by Gasteiger charge is -2.10. The molecule has 0 radical (unpaired) electrons. The second-order valence-electron chi connectivity index (χ2n) is 2.70. The zero-order valence-electron chi connectivity index (χ0n) is 7.42. The van der Waals surface area contributed by atoms with Crippen molar-refractivity contribution in [2.75, 3.05) is 13.7 Å². The molecule has 1 atom stereocenters. The van der Waals surface area contributed by atoms with Crippen LogP contribution in [0.25, 0.3) is 0 Å². The Morgan fingerprint density at radius 2 is 2.15 bits per heavy atom. The number of nitrogens with one attached hydrogen (secondary N) is 3. The highest BCUT2D eigenvalue weighted by Gasteiger charge is 2.23. The van der Waals surface area contributed by atoms with Crippen molar-refractivity contribution in [2.45, 2.75) is 18.9 Å². The Balaban J connectivity index is 2.20. The maximum atomic E-state index is 11.2. The predicted octanol–water partition coefficient (Wildman–Crippen LogP) is -0.874. The van der Waals surface area contributed by atoms with Crippen molar-refractivity contribution in [1.29, 1.82) is 0 Å². The minimum atomic E-state index is -0.452. The van der Waals surface area contributed by atoms with Crippen LogP contribution >= 0.6 is 0 Å². The van der Waals surface area contributed by atoms with Crippen LogP contribution in [0.2, 0.25) is 0 Å². The fourth-order valence-corrected chi connectivity index (χ4v) is 1.05. The van der Waals surface area contributed by atoms with Gasteiger partial charge in [0.05, 0.1) is 0 Å². The van der Waals surface area contributed by atoms with Crippen molar-refractivity contribution >= 4 is 11.9 Å². The van der Waals surface area contributed by atoms with E-state index in [2.05, 4.69) is 16.2 Å². The molecule has 0 aromatic rings. The van der Waals surface area contributed by atoms with Gasteiger partial charge in [0.25, 0.3) is 5.91 Å². The third-order valence-corrected chi connectivity index (χ3v) is 1.75. The van der Waals surface area contributed by atoms with E-state index >= 15 is 0 Å². The quantitative estimate of drug-likeness (QED) is 0.467. The lowest BCUT2D eigenvalue weighted by molar-refractivity contribution is -0.130. The molecule has 0 saturated carbocycles. The molecule has 1 rings (SSSR count). The first-order valence-electron chi connectivity index (χ1n) is 4.13. The molecule has 3 amide bonds. The van der Waals surface area contributed by atoms with Crippen LogP contribution in [0.15, 0.2) is 0 Å². The Kier molecular flexibility index (Phi) is 3.51. The molecule has 3 N–H and O–H groups in total. The van der Waals surface area contributed by atoms with Crippen molar-refractivity contribution in [1.82, 2.24) is 16.2 Å². The SMILES string of the molecule is CNC(=O)NNC(=O)[C@H]1CCCO1. The number of ether oxygens (including phenoxy) is 1. The first kappa shape index (κ1) is 9.79. The first-order valence-corrected chi connectivity index (χ1v) is 4.13. The number of hydrogen-bond donors (Lipinski definition) is 3. The second-order valence-corrected chi connectivity index (χ2v) is 2.70. The summed E-state index contributed by atoms with van der Waals surface area (Å²) >= 11 is 0. The van der Waals surface area contributed by atoms with Crippen molar-refractivity contribution in [2.24, 2.45) is 0 Å². The summed E-state index contributed by atoms with van der Waals surface area (Å²) in [7, 11) is 1.47. The topological polar surface area (TPSA) is 79.5 Å². The van der Waals surface area contributed by atoms with E-state index in [1.54, 1.807) is 0 Å². The second kappa shape index (κ2) is 4.66. The molecular formula is C7H13N3O3. The van der Waals surface area contributed by atoms with Crippen LogP contribution < -0.4 is 16.2 Å². The van der Waals surface area contributed by atoms with E-state index in [9.17, 15) is 9.59 Å². The molecule has 1 saturated heterocycles. The van der Waals surface area contributed by atoms with Gasteiger partial charge < -0.3 is 10.1 Å². The molecule has 74 valence electrons. The van der Waals surface area contributed by atoms with Gasteiger partial charge in [-0.1, -0.05) is 0 Å². The van der Waals surface area contributed by atoms with Gasteiger partial charge in [-0.05, 0) is 12.8 Å². The van der Waals surface area contributed by atoms with Gasteiger partial charge >= 0.3 is 6.03 Å². The van der Waals surface area contributed by atoms with Crippen LogP contribution in [0.3, 0.4) is 0 Å². The van der Waals surface area contributed by atoms with Gasteiger partial charge in [0.2, 0.25) is 0 Å². The molecule has 0 aromatic heterocycles. The van der Waals surface area contributed by atoms with Gasteiger partial charge in [-0.25, -0.2) is 10.2 Å². The normalized spacial score (nSPS) is 20.8. The monoisotopic (exact) mass is 187 g/mol. The number of carbonyl (C=O) groups excluding carboxylic acids is 2. The fourth-order valence-electron chi connectivity index (χ4n) is 1.05. The number of rotatable bonds is 1. The zero-order chi connectivity index (χ0) is 9.68. The standard InChI is InChI=1S/C7H13N3O3/c1-8-7(12)10-9-6(11)5-3-2-4-13-5/h5H,2-4H2,1H3,(H,9,11)(H2,8,10,12)/t5-/m1/s1. The third-order valence-electron chi connectivity index (χ3n) is 1.75. The molecule has 6 heteroatoms. The Morgan fingerprint density at radius 1 is 1.38 bits per heavy atom. The van der Waals surface area contributed by atoms with E-state index in [1.165, 1.54) is 7.05 Å². The smallest absolute Gasteiger partial charge is 0.333 e. The molecule has 1 aliphatic rings. The van der Waals surface area contributed by atoms with Gasteiger partial charge in [0.1, 0.15) is 6.10 Å². The summed E-state index contributed by atoms with van der Waals surface area (Å²) in [5, 5.41) is 2.31. The fraction of sp³-hybridized carbons (Fsp3) is 0.714. The predicted molar refractivity (Wildman–Crippen MR) is 44.7 cm³/mol. The molecule has 0 unspecified atom stereocenters. The number of hydrogen-bond acceptors (Lipinski definition) is 3. The van der Waals surface area contributed by atoms with Crippen molar-refractivity contribution in [3.63, 3.8) is 0 Å². The molecule has 1 aliphatic heterocycles. The highest BCUT2D eigenvalue weighted by atomic mass is 16.5. The lowest BCUT2D eigenvalue weighted by atomic mass is 10.2. The van der Waals surface area contributed by atoms with E-state index in [-0.39, 0.29) is 5.91 Å². The van der Waals surface area contributed by atoms with E-state index in [0.717, 1.165) is 6.42 Å². The summed E-state index contributed by atoms with van der Waals surface area (Å²) in [5.74, 6) is -0.305. The molecule has 13 heavy (non-hydrogen) atoms. The average molecular weight is 187 g/mol. The molecular weight excluding hydrogens is 174 g/mol. The maximum absolute atomic E-state index is 11.2. The molecule has 1 fully saturated rings. The van der Waals surface area contributed by atoms with Gasteiger partial charge in [-0.2, -0.15) is 0 Å². The van der Waals surface area contributed by atoms with Crippen LogP contribution in [0, 0.1) is 0 Å². The number of carbonyl (C=O) groups is 2. The molecule has 0 aliphatic carbocycles. The Labute approximate surface area is 76.0 Å². The number of amides is 3. The average Bonchev–Trinajstić information content (AvgIpc) is 2.66. The Hall–Kier alpha value is -1.30. The van der Waals surface area contributed by atoms with Crippen LogP contribution in [0.1, 0.15) is 12.8 Å². The molecule has 0 aromatic carbocycles. The number of urea groups is 1. The van der Waals surface area contributed by atoms with Crippen LogP contribution in [-0.4, -0.2) is 31.7 Å². The summed E-state index contributed by atoms with van der Waals surface area (Å²) in [6, 6.07) is -0.452. The summed E-state index contributed by atoms with van der Waals surface area (Å²) in [6.45, 7) is 0.609. The molecule has 6 nitrogen and oxygen atoms in total. The zero-order valence-corrected chi connectivity index (χ0v) is 7.42. The highest BCUT2D eigenvalue weighted by molar-refractivity contribution is 5.84. The minimum Gasteiger partial charge on any atom is -0.368 e. The van der Waals surface area contributed by atoms with Crippen molar-refractivity contribution in [3.8, 4) is 0 Å². The van der Waals surface area contributed by atoms with Crippen molar-refractivity contribution in [3.05, 3.63) is 0 Å². The van der Waals surface area contributed by atoms with E-state index < -0.39 is 12.1 Å². The molecule has 1 heterocycles. The van der Waals surface area contributed by atoms with E-state index in [4.69, 9.17) is 4.74 Å². The van der Waals surface area contributed by atoms with E-state index in [0.29, 0.717) is 13.0 Å². The lowest BCUT2D eigenvalue weighted by Crippen LogP contribution is -2.49. The van der Waals surface area contributed by atoms with Gasteiger partial charge in [-0.15, -0.1) is 0 Å². The summed E-state index contributed by atoms with van der Waals surface area (Å²) < 4.78 is 5.10. The van der Waals surface area contributed by atoms with Crippen LogP contribution in [0.5, 0.6) is 0 Å². The van der Waals surface area contributed by atoms with Gasteiger partial charge in [-0.3, -0.25) is 10.2 Å². The van der Waals surface area contributed by atoms with Gasteiger partial charge in [0.15, 0.2) is 0 Å². The molecule has 0 bridgehead atoms. The Bertz CT molecular complexity index is 201. The van der Waals surface area contributed by atoms with E-state index in [1.807, 2.05) is 0 Å². The Morgan fingerprint density at radius 3 is 2.69 bits per heavy atom. The third kappa shape index (κ3) is 2.90. The summed E-state index contributed by atoms with van der Waals surface area (Å²) in [5.41, 5.74) is 4.43. The maximum Gasteiger partial charge on any atom is 0.333 e. The summed E-state index contributed by atoms with van der Waals surface area (Å²) in [4.78, 5) is 21.8. The number of hydrazine groups is 1. The van der Waals surface area contributed by atoms with Gasteiger partial charge in [0, 0.05) is 13.7 Å². The first-order chi connectivity index (χ1) is 6.24. The van der Waals surface area contributed by atoms with Crippen molar-refractivity contribution < 1.29 is 14.3 Å². The molecule has 0 spiro atoms. The summed E-state index contributed by atoms with van der Waals surface area (Å²) in [6.07, 6.45) is 1.18. The highest BCUT2D eigenvalue weighted by Crippen LogP contribution is 2.11. The largest absolute Gasteiger partial charge is 0.368 e. The van der Waals surface area contributed by atoms with Crippen LogP contribution in [0.4, 0.5) is 4.79 Å². The minimum absolute atomic E-state index is 0.305. The van der Waals surface area contributed by atoms with Crippen LogP contribution in [-0.2, 0) is 9.53 Å².